The summed E-state index contributed by atoms with van der Waals surface area (Å²) in [5.74, 6) is 3.29. The van der Waals surface area contributed by atoms with Crippen LogP contribution in [-0.2, 0) is 11.2 Å². The molecule has 0 amide bonds. The lowest BCUT2D eigenvalue weighted by Crippen LogP contribution is -2.33. The summed E-state index contributed by atoms with van der Waals surface area (Å²) >= 11 is 0. The second-order valence-electron chi connectivity index (χ2n) is 7.58. The van der Waals surface area contributed by atoms with E-state index in [-0.39, 0.29) is 18.6 Å². The van der Waals surface area contributed by atoms with E-state index >= 15 is 0 Å². The SMILES string of the molecule is COc1ccc(C=CC(=O)C[C@@H]2c3c(cc4c(c3OC)OCO4)CCN2C)cc1OC. The summed E-state index contributed by atoms with van der Waals surface area (Å²) in [5.41, 5.74) is 3.01. The van der Waals surface area contributed by atoms with Crippen molar-refractivity contribution in [2.24, 2.45) is 0 Å². The highest BCUT2D eigenvalue weighted by Gasteiger charge is 2.34. The zero-order chi connectivity index (χ0) is 22.0. The maximum atomic E-state index is 12.9. The molecule has 31 heavy (non-hydrogen) atoms. The third-order valence-corrected chi connectivity index (χ3v) is 5.81. The molecule has 1 atom stereocenters. The number of benzene rings is 2. The topological polar surface area (TPSA) is 66.5 Å². The smallest absolute Gasteiger partial charge is 0.231 e. The molecule has 7 heteroatoms. The lowest BCUT2D eigenvalue weighted by molar-refractivity contribution is -0.115. The van der Waals surface area contributed by atoms with E-state index in [0.717, 1.165) is 29.7 Å². The van der Waals surface area contributed by atoms with Gasteiger partial charge in [0, 0.05) is 24.6 Å². The Balaban J connectivity index is 1.57. The maximum absolute atomic E-state index is 12.9. The number of rotatable bonds is 7. The van der Waals surface area contributed by atoms with Gasteiger partial charge in [-0.1, -0.05) is 12.1 Å². The highest BCUT2D eigenvalue weighted by Crippen LogP contribution is 2.50. The molecule has 2 aromatic rings. The predicted molar refractivity (Wildman–Crippen MR) is 116 cm³/mol. The first-order valence-electron chi connectivity index (χ1n) is 10.2. The fourth-order valence-corrected chi connectivity index (χ4v) is 4.19. The van der Waals surface area contributed by atoms with Crippen molar-refractivity contribution in [3.8, 4) is 28.7 Å². The van der Waals surface area contributed by atoms with Crippen molar-refractivity contribution in [1.82, 2.24) is 4.90 Å². The number of carbonyl (C=O) groups is 1. The summed E-state index contributed by atoms with van der Waals surface area (Å²) in [5, 5.41) is 0. The zero-order valence-electron chi connectivity index (χ0n) is 18.3. The van der Waals surface area contributed by atoms with Crippen molar-refractivity contribution >= 4 is 11.9 Å². The van der Waals surface area contributed by atoms with Crippen LogP contribution in [0.25, 0.3) is 6.08 Å². The molecule has 2 aliphatic rings. The van der Waals surface area contributed by atoms with Gasteiger partial charge in [0.25, 0.3) is 0 Å². The van der Waals surface area contributed by atoms with Crippen molar-refractivity contribution in [2.45, 2.75) is 18.9 Å². The number of nitrogens with zero attached hydrogens (tertiary/aromatic N) is 1. The Morgan fingerprint density at radius 2 is 1.94 bits per heavy atom. The third-order valence-electron chi connectivity index (χ3n) is 5.81. The van der Waals surface area contributed by atoms with Crippen LogP contribution in [-0.4, -0.2) is 52.4 Å². The molecule has 2 aliphatic heterocycles. The second kappa shape index (κ2) is 8.89. The average molecular weight is 425 g/mol. The lowest BCUT2D eigenvalue weighted by atomic mass is 9.88. The Morgan fingerprint density at radius 1 is 1.13 bits per heavy atom. The number of allylic oxidation sites excluding steroid dienone is 1. The van der Waals surface area contributed by atoms with Crippen molar-refractivity contribution in [3.05, 3.63) is 47.0 Å². The first-order chi connectivity index (χ1) is 15.0. The Kier molecular flexibility index (Phi) is 6.04. The molecule has 0 saturated carbocycles. The van der Waals surface area contributed by atoms with Gasteiger partial charge in [0.05, 0.1) is 21.3 Å². The van der Waals surface area contributed by atoms with Crippen LogP contribution in [0, 0.1) is 0 Å². The van der Waals surface area contributed by atoms with Gasteiger partial charge in [0.15, 0.2) is 28.8 Å². The summed E-state index contributed by atoms with van der Waals surface area (Å²) in [4.78, 5) is 15.1. The number of carbonyl (C=O) groups excluding carboxylic acids is 1. The molecule has 0 bridgehead atoms. The Hall–Kier alpha value is -3.19. The fraction of sp³-hybridized carbons (Fsp3) is 0.375. The van der Waals surface area contributed by atoms with Crippen LogP contribution in [0.15, 0.2) is 30.3 Å². The minimum atomic E-state index is -0.101. The molecule has 164 valence electrons. The van der Waals surface area contributed by atoms with Crippen molar-refractivity contribution in [1.29, 1.82) is 0 Å². The van der Waals surface area contributed by atoms with Crippen LogP contribution in [0.3, 0.4) is 0 Å². The van der Waals surface area contributed by atoms with Crippen LogP contribution in [0.1, 0.15) is 29.2 Å². The van der Waals surface area contributed by atoms with Crippen molar-refractivity contribution in [3.63, 3.8) is 0 Å². The maximum Gasteiger partial charge on any atom is 0.231 e. The van der Waals surface area contributed by atoms with Gasteiger partial charge in [-0.25, -0.2) is 0 Å². The number of likely N-dealkylation sites (N-methyl/N-ethyl adjacent to an activating group) is 1. The zero-order valence-corrected chi connectivity index (χ0v) is 18.3. The van der Waals surface area contributed by atoms with Gasteiger partial charge in [-0.15, -0.1) is 0 Å². The van der Waals surface area contributed by atoms with Gasteiger partial charge in [0.1, 0.15) is 0 Å². The number of methoxy groups -OCH3 is 3. The van der Waals surface area contributed by atoms with E-state index in [2.05, 4.69) is 4.90 Å². The van der Waals surface area contributed by atoms with E-state index in [1.165, 1.54) is 0 Å². The third kappa shape index (κ3) is 4.05. The normalized spacial score (nSPS) is 17.5. The summed E-state index contributed by atoms with van der Waals surface area (Å²) in [6.07, 6.45) is 4.61. The first-order valence-corrected chi connectivity index (χ1v) is 10.2. The van der Waals surface area contributed by atoms with Crippen molar-refractivity contribution in [2.75, 3.05) is 41.7 Å². The predicted octanol–water partition coefficient (Wildman–Crippen LogP) is 3.64. The molecule has 0 unspecified atom stereocenters. The van der Waals surface area contributed by atoms with Gasteiger partial charge in [0.2, 0.25) is 12.5 Å². The molecule has 2 aromatic carbocycles. The standard InChI is InChI=1S/C24H27NO6/c1-25-10-9-16-12-21-23(31-14-30-21)24(29-4)22(16)18(25)13-17(26)7-5-15-6-8-19(27-2)20(11-15)28-3/h5-8,11-12,18H,9-10,13-14H2,1-4H3/t18-/m1/s1. The monoisotopic (exact) mass is 425 g/mol. The Bertz CT molecular complexity index is 1020. The summed E-state index contributed by atoms with van der Waals surface area (Å²) in [7, 11) is 6.84. The quantitative estimate of drug-likeness (QED) is 0.628. The summed E-state index contributed by atoms with van der Waals surface area (Å²) in [6.45, 7) is 1.04. The second-order valence-corrected chi connectivity index (χ2v) is 7.58. The molecule has 2 heterocycles. The largest absolute Gasteiger partial charge is 0.493 e. The van der Waals surface area contributed by atoms with Gasteiger partial charge < -0.3 is 23.7 Å². The highest BCUT2D eigenvalue weighted by atomic mass is 16.7. The highest BCUT2D eigenvalue weighted by molar-refractivity contribution is 5.94. The molecule has 7 nitrogen and oxygen atoms in total. The van der Waals surface area contributed by atoms with Gasteiger partial charge in [-0.05, 0) is 48.9 Å². The summed E-state index contributed by atoms with van der Waals surface area (Å²) in [6, 6.07) is 7.47. The average Bonchev–Trinajstić information content (AvgIpc) is 3.26. The number of hydrogen-bond acceptors (Lipinski definition) is 7. The molecule has 4 rings (SSSR count). The number of ketones is 1. The molecule has 0 N–H and O–H groups in total. The van der Waals surface area contributed by atoms with E-state index < -0.39 is 0 Å². The van der Waals surface area contributed by atoms with Crippen LogP contribution in [0.2, 0.25) is 0 Å². The number of fused-ring (bicyclic) bond motifs is 2. The molecule has 0 radical (unpaired) electrons. The molecule has 0 aromatic heterocycles. The van der Waals surface area contributed by atoms with Gasteiger partial charge in [-0.3, -0.25) is 9.69 Å². The van der Waals surface area contributed by atoms with E-state index in [0.29, 0.717) is 35.2 Å². The van der Waals surface area contributed by atoms with E-state index in [1.807, 2.05) is 31.3 Å². The minimum Gasteiger partial charge on any atom is -0.493 e. The van der Waals surface area contributed by atoms with Gasteiger partial charge >= 0.3 is 0 Å². The Morgan fingerprint density at radius 3 is 2.68 bits per heavy atom. The molecular formula is C24H27NO6. The molecule has 0 fully saturated rings. The minimum absolute atomic E-state index is 0.0270. The first kappa shape index (κ1) is 21.1. The van der Waals surface area contributed by atoms with Crippen LogP contribution < -0.4 is 23.7 Å². The molecule has 0 aliphatic carbocycles. The van der Waals surface area contributed by atoms with Gasteiger partial charge in [-0.2, -0.15) is 0 Å². The number of ether oxygens (including phenoxy) is 5. The van der Waals surface area contributed by atoms with E-state index in [9.17, 15) is 4.79 Å². The van der Waals surface area contributed by atoms with E-state index in [4.69, 9.17) is 23.7 Å². The summed E-state index contributed by atoms with van der Waals surface area (Å²) < 4.78 is 27.5. The van der Waals surface area contributed by atoms with Crippen molar-refractivity contribution < 1.29 is 28.5 Å². The molecular weight excluding hydrogens is 398 g/mol. The van der Waals surface area contributed by atoms with Crippen LogP contribution in [0.4, 0.5) is 0 Å². The fourth-order valence-electron chi connectivity index (χ4n) is 4.19. The molecule has 0 saturated heterocycles. The lowest BCUT2D eigenvalue weighted by Gasteiger charge is -2.35. The molecule has 0 spiro atoms. The van der Waals surface area contributed by atoms with Crippen LogP contribution in [0.5, 0.6) is 28.7 Å². The number of hydrogen-bond donors (Lipinski definition) is 0. The Labute approximate surface area is 182 Å². The van der Waals surface area contributed by atoms with E-state index in [1.54, 1.807) is 33.5 Å². The van der Waals surface area contributed by atoms with Crippen LogP contribution >= 0.6 is 0 Å².